The first-order valence-electron chi connectivity index (χ1n) is 8.87. The minimum Gasteiger partial charge on any atom is -0.342 e. The monoisotopic (exact) mass is 365 g/mol. The summed E-state index contributed by atoms with van der Waals surface area (Å²) in [5, 5.41) is 6.75. The van der Waals surface area contributed by atoms with E-state index in [0.29, 0.717) is 6.42 Å². The third-order valence-electron chi connectivity index (χ3n) is 6.54. The van der Waals surface area contributed by atoms with Crippen molar-refractivity contribution < 1.29 is 18.0 Å². The van der Waals surface area contributed by atoms with Crippen LogP contribution in [0.25, 0.3) is 0 Å². The molecule has 1 saturated carbocycles. The molecule has 3 aliphatic carbocycles. The highest BCUT2D eigenvalue weighted by Crippen LogP contribution is 2.64. The number of nitrogens with one attached hydrogen (secondary N) is 1. The van der Waals surface area contributed by atoms with E-state index in [1.807, 2.05) is 6.08 Å². The van der Waals surface area contributed by atoms with Crippen molar-refractivity contribution in [3.63, 3.8) is 0 Å². The summed E-state index contributed by atoms with van der Waals surface area (Å²) in [4.78, 5) is 12.9. The van der Waals surface area contributed by atoms with Crippen molar-refractivity contribution in [3.8, 4) is 0 Å². The number of nitrogens with zero attached hydrogens (tertiary/aromatic N) is 2. The Hall–Kier alpha value is -2.05. The van der Waals surface area contributed by atoms with Gasteiger partial charge in [-0.3, -0.25) is 9.48 Å². The summed E-state index contributed by atoms with van der Waals surface area (Å²) in [6.07, 6.45) is 2.66. The number of rotatable bonds is 3. The Balaban J connectivity index is 1.74. The van der Waals surface area contributed by atoms with Gasteiger partial charge in [-0.05, 0) is 35.3 Å². The summed E-state index contributed by atoms with van der Waals surface area (Å²) in [7, 11) is 1.51. The maximum atomic E-state index is 14.1. The van der Waals surface area contributed by atoms with Crippen molar-refractivity contribution in [2.75, 3.05) is 0 Å². The Bertz CT molecular complexity index is 839. The Labute approximate surface area is 150 Å². The van der Waals surface area contributed by atoms with Gasteiger partial charge in [-0.15, -0.1) is 0 Å². The third kappa shape index (κ3) is 2.15. The second-order valence-corrected chi connectivity index (χ2v) is 8.09. The SMILES string of the molecule is Cn1cc(C(=O)NC23CCC(C4=C2C[C@H](F)C=C4)C3(C)C)c(C(F)F)n1. The zero-order chi connectivity index (χ0) is 18.9. The van der Waals surface area contributed by atoms with Crippen LogP contribution in [0, 0.1) is 11.3 Å². The van der Waals surface area contributed by atoms with Crippen molar-refractivity contribution in [1.29, 1.82) is 0 Å². The number of hydrogen-bond acceptors (Lipinski definition) is 2. The molecule has 1 heterocycles. The number of carbonyl (C=O) groups excluding carboxylic acids is 1. The van der Waals surface area contributed by atoms with Crippen molar-refractivity contribution in [2.45, 2.75) is 51.2 Å². The topological polar surface area (TPSA) is 46.9 Å². The molecule has 4 nitrogen and oxygen atoms in total. The molecule has 0 spiro atoms. The fourth-order valence-electron chi connectivity index (χ4n) is 5.26. The smallest absolute Gasteiger partial charge is 0.282 e. The second kappa shape index (κ2) is 5.47. The van der Waals surface area contributed by atoms with Gasteiger partial charge in [0, 0.05) is 19.7 Å². The van der Waals surface area contributed by atoms with E-state index in [-0.39, 0.29) is 23.3 Å². The Morgan fingerprint density at radius 3 is 2.85 bits per heavy atom. The number of aryl methyl sites for hydroxylation is 1. The van der Waals surface area contributed by atoms with Gasteiger partial charge in [-0.1, -0.05) is 26.0 Å². The van der Waals surface area contributed by atoms with Crippen LogP contribution in [0.3, 0.4) is 0 Å². The molecule has 1 aromatic rings. The summed E-state index contributed by atoms with van der Waals surface area (Å²) < 4.78 is 41.8. The number of hydrogen-bond donors (Lipinski definition) is 1. The average Bonchev–Trinajstić information content (AvgIpc) is 3.12. The highest BCUT2D eigenvalue weighted by molar-refractivity contribution is 5.96. The minimum atomic E-state index is -2.83. The molecule has 140 valence electrons. The van der Waals surface area contributed by atoms with Crippen molar-refractivity contribution >= 4 is 5.91 Å². The summed E-state index contributed by atoms with van der Waals surface area (Å²) in [6.45, 7) is 4.14. The van der Waals surface area contributed by atoms with Crippen LogP contribution in [0.1, 0.15) is 55.6 Å². The van der Waals surface area contributed by atoms with Gasteiger partial charge in [-0.2, -0.15) is 5.10 Å². The van der Waals surface area contributed by atoms with Crippen LogP contribution in [0.2, 0.25) is 0 Å². The highest BCUT2D eigenvalue weighted by atomic mass is 19.3. The number of amides is 1. The summed E-state index contributed by atoms with van der Waals surface area (Å²) in [5.41, 5.74) is 0.394. The molecule has 1 fully saturated rings. The van der Waals surface area contributed by atoms with Gasteiger partial charge in [0.25, 0.3) is 12.3 Å². The zero-order valence-electron chi connectivity index (χ0n) is 15.0. The summed E-state index contributed by atoms with van der Waals surface area (Å²) >= 11 is 0. The van der Waals surface area contributed by atoms with Gasteiger partial charge in [-0.25, -0.2) is 13.2 Å². The quantitative estimate of drug-likeness (QED) is 0.884. The molecule has 1 amide bonds. The van der Waals surface area contributed by atoms with Crippen LogP contribution in [-0.4, -0.2) is 27.4 Å². The molecule has 7 heteroatoms. The number of halogens is 3. The predicted molar refractivity (Wildman–Crippen MR) is 90.5 cm³/mol. The molecule has 0 saturated heterocycles. The molecule has 1 aromatic heterocycles. The van der Waals surface area contributed by atoms with Crippen molar-refractivity contribution in [3.05, 3.63) is 40.8 Å². The largest absolute Gasteiger partial charge is 0.342 e. The molecular formula is C19H22F3N3O. The Morgan fingerprint density at radius 1 is 1.42 bits per heavy atom. The lowest BCUT2D eigenvalue weighted by Gasteiger charge is -2.42. The molecular weight excluding hydrogens is 343 g/mol. The maximum Gasteiger partial charge on any atom is 0.282 e. The first-order chi connectivity index (χ1) is 12.2. The number of fused-ring (bicyclic) bond motifs is 4. The van der Waals surface area contributed by atoms with Gasteiger partial charge in [0.1, 0.15) is 11.9 Å². The zero-order valence-corrected chi connectivity index (χ0v) is 15.0. The molecule has 3 atom stereocenters. The van der Waals surface area contributed by atoms with Crippen LogP contribution >= 0.6 is 0 Å². The molecule has 3 aliphatic rings. The standard InChI is InChI=1S/C19H22F3N3O/c1-18(2)13-6-7-19(18,14-8-10(20)4-5-11(13)14)23-17(26)12-9-25(3)24-15(12)16(21)22/h4-5,9-10,13,16H,6-8H2,1-3H3,(H,23,26)/t10-,13?,19?/m1/s1. The normalized spacial score (nSPS) is 31.7. The lowest BCUT2D eigenvalue weighted by Crippen LogP contribution is -2.55. The average molecular weight is 365 g/mol. The number of allylic oxidation sites excluding steroid dienone is 3. The van der Waals surface area contributed by atoms with E-state index in [4.69, 9.17) is 0 Å². The van der Waals surface area contributed by atoms with Gasteiger partial charge < -0.3 is 5.32 Å². The van der Waals surface area contributed by atoms with E-state index in [2.05, 4.69) is 24.3 Å². The molecule has 2 unspecified atom stereocenters. The van der Waals surface area contributed by atoms with E-state index < -0.39 is 29.7 Å². The van der Waals surface area contributed by atoms with E-state index in [1.165, 1.54) is 17.9 Å². The molecule has 1 N–H and O–H groups in total. The minimum absolute atomic E-state index is 0.117. The van der Waals surface area contributed by atoms with E-state index in [9.17, 15) is 18.0 Å². The van der Waals surface area contributed by atoms with Crippen molar-refractivity contribution in [2.24, 2.45) is 18.4 Å². The molecule has 2 bridgehead atoms. The van der Waals surface area contributed by atoms with Crippen LogP contribution in [-0.2, 0) is 7.05 Å². The highest BCUT2D eigenvalue weighted by Gasteiger charge is 2.63. The predicted octanol–water partition coefficient (Wildman–Crippen LogP) is 3.87. The first-order valence-corrected chi connectivity index (χ1v) is 8.87. The van der Waals surface area contributed by atoms with E-state index in [1.54, 1.807) is 6.08 Å². The van der Waals surface area contributed by atoms with E-state index in [0.717, 1.165) is 17.6 Å². The van der Waals surface area contributed by atoms with E-state index >= 15 is 0 Å². The van der Waals surface area contributed by atoms with Crippen LogP contribution in [0.5, 0.6) is 0 Å². The molecule has 4 rings (SSSR count). The Morgan fingerprint density at radius 2 is 2.15 bits per heavy atom. The van der Waals surface area contributed by atoms with Crippen LogP contribution < -0.4 is 5.32 Å². The lowest BCUT2D eigenvalue weighted by molar-refractivity contribution is 0.0830. The summed E-state index contributed by atoms with van der Waals surface area (Å²) in [6, 6.07) is 0. The second-order valence-electron chi connectivity index (χ2n) is 8.09. The molecule has 0 aromatic carbocycles. The third-order valence-corrected chi connectivity index (χ3v) is 6.54. The van der Waals surface area contributed by atoms with Gasteiger partial charge in [0.05, 0.1) is 11.1 Å². The summed E-state index contributed by atoms with van der Waals surface area (Å²) in [5.74, 6) is -0.328. The molecule has 0 radical (unpaired) electrons. The molecule has 26 heavy (non-hydrogen) atoms. The Kier molecular flexibility index (Phi) is 3.66. The number of aromatic nitrogens is 2. The fraction of sp³-hybridized carbons (Fsp3) is 0.579. The molecule has 0 aliphatic heterocycles. The first kappa shape index (κ1) is 17.4. The van der Waals surface area contributed by atoms with Gasteiger partial charge in [0.15, 0.2) is 0 Å². The van der Waals surface area contributed by atoms with Crippen LogP contribution in [0.4, 0.5) is 13.2 Å². The van der Waals surface area contributed by atoms with Crippen LogP contribution in [0.15, 0.2) is 29.5 Å². The number of carbonyl (C=O) groups is 1. The maximum absolute atomic E-state index is 14.1. The van der Waals surface area contributed by atoms with Gasteiger partial charge >= 0.3 is 0 Å². The van der Waals surface area contributed by atoms with Gasteiger partial charge in [0.2, 0.25) is 0 Å². The fourth-order valence-corrected chi connectivity index (χ4v) is 5.26. The number of alkyl halides is 3. The lowest BCUT2D eigenvalue weighted by atomic mass is 9.71. The van der Waals surface area contributed by atoms with Crippen molar-refractivity contribution in [1.82, 2.24) is 15.1 Å².